The smallest absolute Gasteiger partial charge is 0.297 e. The molecule has 5 heteroatoms. The quantitative estimate of drug-likeness (QED) is 0.833. The van der Waals surface area contributed by atoms with Crippen LogP contribution in [0.2, 0.25) is 0 Å². The van der Waals surface area contributed by atoms with Crippen molar-refractivity contribution in [2.24, 2.45) is 0 Å². The van der Waals surface area contributed by atoms with Gasteiger partial charge in [-0.25, -0.2) is 0 Å². The summed E-state index contributed by atoms with van der Waals surface area (Å²) in [5.74, 6) is 0. The molecule has 4 nitrogen and oxygen atoms in total. The van der Waals surface area contributed by atoms with Gasteiger partial charge in [0.1, 0.15) is 4.90 Å². The second-order valence-corrected chi connectivity index (χ2v) is 5.98. The van der Waals surface area contributed by atoms with Crippen LogP contribution in [-0.4, -0.2) is 20.1 Å². The fraction of sp³-hybridized carbons (Fsp3) is 0.500. The topological polar surface area (TPSA) is 63.6 Å². The van der Waals surface area contributed by atoms with Crippen LogP contribution >= 0.6 is 0 Å². The Hall–Kier alpha value is -0.910. The highest BCUT2D eigenvalue weighted by atomic mass is 32.2. The van der Waals surface area contributed by atoms with E-state index in [9.17, 15) is 13.5 Å². The van der Waals surface area contributed by atoms with Gasteiger partial charge in [-0.2, -0.15) is 8.42 Å². The number of rotatable bonds is 4. The van der Waals surface area contributed by atoms with E-state index in [2.05, 4.69) is 0 Å². The Bertz CT molecular complexity index is 529. The van der Waals surface area contributed by atoms with Crippen LogP contribution in [0.3, 0.4) is 0 Å². The number of hydrogen-bond donors (Lipinski definition) is 1. The van der Waals surface area contributed by atoms with E-state index in [1.807, 2.05) is 6.92 Å². The van der Waals surface area contributed by atoms with Crippen molar-refractivity contribution in [2.75, 3.05) is 6.61 Å². The SMILES string of the molecule is CCOS(=O)(=O)c1ccc(C)cc1C1(O)CC1. The Morgan fingerprint density at radius 3 is 2.59 bits per heavy atom. The molecule has 0 bridgehead atoms. The molecule has 17 heavy (non-hydrogen) atoms. The first kappa shape index (κ1) is 12.5. The van der Waals surface area contributed by atoms with Crippen molar-refractivity contribution < 1.29 is 17.7 Å². The summed E-state index contributed by atoms with van der Waals surface area (Å²) in [5.41, 5.74) is 0.410. The average molecular weight is 256 g/mol. The molecule has 1 aromatic rings. The minimum Gasteiger partial charge on any atom is -0.385 e. The van der Waals surface area contributed by atoms with Crippen molar-refractivity contribution >= 4 is 10.1 Å². The molecule has 0 radical (unpaired) electrons. The van der Waals surface area contributed by atoms with Crippen molar-refractivity contribution in [2.45, 2.75) is 37.2 Å². The lowest BCUT2D eigenvalue weighted by atomic mass is 10.1. The monoisotopic (exact) mass is 256 g/mol. The lowest BCUT2D eigenvalue weighted by Gasteiger charge is -2.15. The lowest BCUT2D eigenvalue weighted by Crippen LogP contribution is -2.15. The van der Waals surface area contributed by atoms with E-state index < -0.39 is 15.7 Å². The molecule has 1 saturated carbocycles. The standard InChI is InChI=1S/C12H16O4S/c1-3-16-17(14,15)11-5-4-9(2)8-10(11)12(13)6-7-12/h4-5,8,13H,3,6-7H2,1-2H3. The molecule has 2 rings (SSSR count). The van der Waals surface area contributed by atoms with Gasteiger partial charge >= 0.3 is 0 Å². The van der Waals surface area contributed by atoms with E-state index in [0.717, 1.165) is 5.56 Å². The maximum absolute atomic E-state index is 11.9. The Morgan fingerprint density at radius 2 is 2.06 bits per heavy atom. The van der Waals surface area contributed by atoms with Gasteiger partial charge in [-0.1, -0.05) is 17.7 Å². The summed E-state index contributed by atoms with van der Waals surface area (Å²) in [7, 11) is -3.76. The van der Waals surface area contributed by atoms with Gasteiger partial charge in [0.2, 0.25) is 0 Å². The van der Waals surface area contributed by atoms with Crippen LogP contribution in [0.5, 0.6) is 0 Å². The van der Waals surface area contributed by atoms with E-state index in [0.29, 0.717) is 18.4 Å². The molecule has 0 amide bonds. The Kier molecular flexibility index (Phi) is 3.01. The zero-order valence-electron chi connectivity index (χ0n) is 9.93. The summed E-state index contributed by atoms with van der Waals surface area (Å²) in [6, 6.07) is 4.94. The Balaban J connectivity index is 2.54. The van der Waals surface area contributed by atoms with E-state index >= 15 is 0 Å². The minimum atomic E-state index is -3.76. The molecule has 0 saturated heterocycles. The van der Waals surface area contributed by atoms with Crippen LogP contribution in [0.1, 0.15) is 30.9 Å². The number of aryl methyl sites for hydroxylation is 1. The Morgan fingerprint density at radius 1 is 1.41 bits per heavy atom. The molecule has 1 aromatic carbocycles. The molecular formula is C12H16O4S. The maximum Gasteiger partial charge on any atom is 0.297 e. The molecule has 0 spiro atoms. The highest BCUT2D eigenvalue weighted by molar-refractivity contribution is 7.86. The van der Waals surface area contributed by atoms with Crippen molar-refractivity contribution in [3.8, 4) is 0 Å². The van der Waals surface area contributed by atoms with Gasteiger partial charge in [-0.05, 0) is 32.8 Å². The predicted octanol–water partition coefficient (Wildman–Crippen LogP) is 1.70. The molecule has 0 unspecified atom stereocenters. The third-order valence-corrected chi connectivity index (χ3v) is 4.34. The van der Waals surface area contributed by atoms with Crippen molar-refractivity contribution in [1.82, 2.24) is 0 Å². The highest BCUT2D eigenvalue weighted by Crippen LogP contribution is 2.47. The molecule has 1 fully saturated rings. The second kappa shape index (κ2) is 4.08. The van der Waals surface area contributed by atoms with Crippen molar-refractivity contribution in [3.63, 3.8) is 0 Å². The summed E-state index contributed by atoms with van der Waals surface area (Å²) in [6.07, 6.45) is 1.20. The van der Waals surface area contributed by atoms with Crippen LogP contribution < -0.4 is 0 Å². The number of hydrogen-bond acceptors (Lipinski definition) is 4. The maximum atomic E-state index is 11.9. The zero-order valence-corrected chi connectivity index (χ0v) is 10.8. The summed E-state index contributed by atoms with van der Waals surface area (Å²) >= 11 is 0. The fourth-order valence-corrected chi connectivity index (χ4v) is 3.02. The fourth-order valence-electron chi connectivity index (χ4n) is 1.83. The molecule has 1 aliphatic rings. The van der Waals surface area contributed by atoms with E-state index in [-0.39, 0.29) is 11.5 Å². The summed E-state index contributed by atoms with van der Waals surface area (Å²) < 4.78 is 28.6. The van der Waals surface area contributed by atoms with Crippen molar-refractivity contribution in [1.29, 1.82) is 0 Å². The first-order valence-electron chi connectivity index (χ1n) is 5.62. The average Bonchev–Trinajstić information content (AvgIpc) is 2.97. The molecule has 0 aliphatic heterocycles. The first-order valence-corrected chi connectivity index (χ1v) is 7.03. The van der Waals surface area contributed by atoms with Gasteiger partial charge < -0.3 is 5.11 Å². The van der Waals surface area contributed by atoms with Gasteiger partial charge in [0.05, 0.1) is 12.2 Å². The van der Waals surface area contributed by atoms with Crippen LogP contribution in [0, 0.1) is 6.92 Å². The largest absolute Gasteiger partial charge is 0.385 e. The normalized spacial score (nSPS) is 18.1. The van der Waals surface area contributed by atoms with E-state index in [1.54, 1.807) is 19.1 Å². The minimum absolute atomic E-state index is 0.0879. The third kappa shape index (κ3) is 2.36. The van der Waals surface area contributed by atoms with Crippen LogP contribution in [-0.2, 0) is 19.9 Å². The summed E-state index contributed by atoms with van der Waals surface area (Å²) in [4.78, 5) is 0.0879. The molecule has 1 N–H and O–H groups in total. The Labute approximate surface area is 101 Å². The summed E-state index contributed by atoms with van der Waals surface area (Å²) in [6.45, 7) is 3.58. The first-order chi connectivity index (χ1) is 7.89. The van der Waals surface area contributed by atoms with Crippen LogP contribution in [0.4, 0.5) is 0 Å². The van der Waals surface area contributed by atoms with Crippen LogP contribution in [0.25, 0.3) is 0 Å². The van der Waals surface area contributed by atoms with E-state index in [1.165, 1.54) is 6.07 Å². The second-order valence-electron chi connectivity index (χ2n) is 4.39. The molecule has 94 valence electrons. The zero-order chi connectivity index (χ0) is 12.7. The molecule has 0 atom stereocenters. The van der Waals surface area contributed by atoms with Gasteiger partial charge in [-0.15, -0.1) is 0 Å². The number of benzene rings is 1. The van der Waals surface area contributed by atoms with Gasteiger partial charge in [-0.3, -0.25) is 4.18 Å². The lowest BCUT2D eigenvalue weighted by molar-refractivity contribution is 0.147. The number of aliphatic hydroxyl groups is 1. The highest BCUT2D eigenvalue weighted by Gasteiger charge is 2.45. The predicted molar refractivity (Wildman–Crippen MR) is 63.1 cm³/mol. The molecular weight excluding hydrogens is 240 g/mol. The summed E-state index contributed by atoms with van der Waals surface area (Å²) in [5, 5.41) is 10.1. The van der Waals surface area contributed by atoms with Gasteiger partial charge in [0, 0.05) is 5.56 Å². The molecule has 0 heterocycles. The molecule has 0 aromatic heterocycles. The van der Waals surface area contributed by atoms with Crippen molar-refractivity contribution in [3.05, 3.63) is 29.3 Å². The van der Waals surface area contributed by atoms with Crippen LogP contribution in [0.15, 0.2) is 23.1 Å². The van der Waals surface area contributed by atoms with Gasteiger partial charge in [0.25, 0.3) is 10.1 Å². The third-order valence-electron chi connectivity index (χ3n) is 2.90. The molecule has 1 aliphatic carbocycles. The van der Waals surface area contributed by atoms with Gasteiger partial charge in [0.15, 0.2) is 0 Å². The van der Waals surface area contributed by atoms with E-state index in [4.69, 9.17) is 4.18 Å².